The van der Waals surface area contributed by atoms with E-state index in [2.05, 4.69) is 20.8 Å². The number of carbonyl (C=O) groups excluding carboxylic acids is 1. The van der Waals surface area contributed by atoms with Crippen LogP contribution in [0.15, 0.2) is 0 Å². The molecule has 19 heavy (non-hydrogen) atoms. The molecule has 112 valence electrons. The Hall–Kier alpha value is -0.770. The van der Waals surface area contributed by atoms with Gasteiger partial charge >= 0.3 is 6.16 Å². The number of hydrogen-bond acceptors (Lipinski definition) is 4. The topological polar surface area (TPSA) is 44.8 Å². The van der Waals surface area contributed by atoms with Gasteiger partial charge in [-0.05, 0) is 37.5 Å². The number of hydrogen-bond donors (Lipinski definition) is 0. The van der Waals surface area contributed by atoms with E-state index < -0.39 is 6.16 Å². The third-order valence-corrected chi connectivity index (χ3v) is 4.05. The Labute approximate surface area is 116 Å². The van der Waals surface area contributed by atoms with Crippen molar-refractivity contribution >= 4 is 6.16 Å². The fourth-order valence-electron chi connectivity index (χ4n) is 2.66. The van der Waals surface area contributed by atoms with Gasteiger partial charge in [0.25, 0.3) is 0 Å². The monoisotopic (exact) mass is 272 g/mol. The van der Waals surface area contributed by atoms with Crippen LogP contribution in [0.2, 0.25) is 0 Å². The molecule has 0 radical (unpaired) electrons. The van der Waals surface area contributed by atoms with E-state index in [4.69, 9.17) is 14.2 Å². The molecule has 1 fully saturated rings. The smallest absolute Gasteiger partial charge is 0.432 e. The van der Waals surface area contributed by atoms with Gasteiger partial charge < -0.3 is 14.2 Å². The first kappa shape index (κ1) is 16.3. The Balaban J connectivity index is 2.44. The average molecular weight is 272 g/mol. The zero-order valence-electron chi connectivity index (χ0n) is 12.8. The molecule has 4 heteroatoms. The molecule has 4 nitrogen and oxygen atoms in total. The van der Waals surface area contributed by atoms with Gasteiger partial charge in [-0.15, -0.1) is 0 Å². The van der Waals surface area contributed by atoms with E-state index in [9.17, 15) is 4.79 Å². The summed E-state index contributed by atoms with van der Waals surface area (Å²) in [5, 5.41) is 0. The van der Waals surface area contributed by atoms with E-state index in [-0.39, 0.29) is 18.8 Å². The highest BCUT2D eigenvalue weighted by Gasteiger charge is 2.33. The minimum atomic E-state index is -0.561. The van der Waals surface area contributed by atoms with Crippen molar-refractivity contribution in [2.24, 2.45) is 17.8 Å². The molecular weight excluding hydrogens is 244 g/mol. The molecule has 1 saturated carbocycles. The summed E-state index contributed by atoms with van der Waals surface area (Å²) in [6.07, 6.45) is 2.63. The normalized spacial score (nSPS) is 29.1. The Kier molecular flexibility index (Phi) is 6.63. The van der Waals surface area contributed by atoms with E-state index in [0.29, 0.717) is 17.8 Å². The van der Waals surface area contributed by atoms with Crippen LogP contribution in [0.5, 0.6) is 0 Å². The largest absolute Gasteiger partial charge is 0.508 e. The van der Waals surface area contributed by atoms with Crippen molar-refractivity contribution in [2.75, 3.05) is 13.7 Å². The molecule has 0 aromatic carbocycles. The third kappa shape index (κ3) is 5.39. The molecule has 0 aromatic heterocycles. The molecule has 1 aliphatic carbocycles. The van der Waals surface area contributed by atoms with Crippen LogP contribution in [-0.2, 0) is 14.2 Å². The standard InChI is InChI=1S/C15H28O4/c1-10(2)13-7-6-11(3)8-14(13)19-15(16)18-9-12(4)17-5/h10-14H,6-9H2,1-5H3/t11?,12?,13?,14-/m1/s1. The zero-order chi connectivity index (χ0) is 14.4. The molecule has 0 aromatic rings. The van der Waals surface area contributed by atoms with Gasteiger partial charge in [-0.25, -0.2) is 4.79 Å². The fraction of sp³-hybridized carbons (Fsp3) is 0.933. The van der Waals surface area contributed by atoms with Crippen LogP contribution in [0, 0.1) is 17.8 Å². The molecule has 0 amide bonds. The number of rotatable bonds is 5. The maximum Gasteiger partial charge on any atom is 0.508 e. The highest BCUT2D eigenvalue weighted by Crippen LogP contribution is 2.35. The van der Waals surface area contributed by atoms with Crippen LogP contribution in [-0.4, -0.2) is 32.1 Å². The molecule has 0 aliphatic heterocycles. The zero-order valence-corrected chi connectivity index (χ0v) is 12.8. The van der Waals surface area contributed by atoms with Crippen LogP contribution in [0.3, 0.4) is 0 Å². The summed E-state index contributed by atoms with van der Waals surface area (Å²) in [5.41, 5.74) is 0. The number of ether oxygens (including phenoxy) is 3. The first-order valence-corrected chi connectivity index (χ1v) is 7.30. The van der Waals surface area contributed by atoms with Crippen molar-refractivity contribution in [3.05, 3.63) is 0 Å². The summed E-state index contributed by atoms with van der Waals surface area (Å²) in [7, 11) is 1.59. The Morgan fingerprint density at radius 2 is 1.95 bits per heavy atom. The Morgan fingerprint density at radius 1 is 1.26 bits per heavy atom. The van der Waals surface area contributed by atoms with Crippen LogP contribution in [0.1, 0.15) is 47.0 Å². The van der Waals surface area contributed by atoms with Crippen molar-refractivity contribution in [3.8, 4) is 0 Å². The minimum absolute atomic E-state index is 0.00546. The maximum atomic E-state index is 11.7. The van der Waals surface area contributed by atoms with Gasteiger partial charge in [-0.3, -0.25) is 0 Å². The van der Waals surface area contributed by atoms with E-state index in [1.54, 1.807) is 7.11 Å². The number of methoxy groups -OCH3 is 1. The Bertz CT molecular complexity index is 277. The molecule has 0 spiro atoms. The molecule has 0 N–H and O–H groups in total. The second-order valence-corrected chi connectivity index (χ2v) is 6.09. The fourth-order valence-corrected chi connectivity index (χ4v) is 2.66. The summed E-state index contributed by atoms with van der Waals surface area (Å²) < 4.78 is 15.6. The van der Waals surface area contributed by atoms with Gasteiger partial charge in [-0.1, -0.05) is 27.2 Å². The predicted molar refractivity (Wildman–Crippen MR) is 74.0 cm³/mol. The summed E-state index contributed by atoms with van der Waals surface area (Å²) in [4.78, 5) is 11.7. The molecule has 3 unspecified atom stereocenters. The minimum Gasteiger partial charge on any atom is -0.432 e. The van der Waals surface area contributed by atoms with Crippen LogP contribution in [0.4, 0.5) is 4.79 Å². The highest BCUT2D eigenvalue weighted by atomic mass is 16.7. The van der Waals surface area contributed by atoms with Crippen molar-refractivity contribution in [2.45, 2.75) is 59.2 Å². The quantitative estimate of drug-likeness (QED) is 0.717. The van der Waals surface area contributed by atoms with Crippen LogP contribution in [0.25, 0.3) is 0 Å². The summed E-state index contributed by atoms with van der Waals surface area (Å²) in [5.74, 6) is 1.59. The van der Waals surface area contributed by atoms with Gasteiger partial charge in [0.2, 0.25) is 0 Å². The van der Waals surface area contributed by atoms with Gasteiger partial charge in [-0.2, -0.15) is 0 Å². The lowest BCUT2D eigenvalue weighted by Crippen LogP contribution is -2.36. The molecule has 0 heterocycles. The summed E-state index contributed by atoms with van der Waals surface area (Å²) in [6, 6.07) is 0. The lowest BCUT2D eigenvalue weighted by molar-refractivity contribution is -0.0449. The van der Waals surface area contributed by atoms with E-state index >= 15 is 0 Å². The van der Waals surface area contributed by atoms with E-state index in [0.717, 1.165) is 12.8 Å². The molecule has 0 bridgehead atoms. The lowest BCUT2D eigenvalue weighted by Gasteiger charge is -2.36. The van der Waals surface area contributed by atoms with Crippen molar-refractivity contribution < 1.29 is 19.0 Å². The van der Waals surface area contributed by atoms with Gasteiger partial charge in [0.15, 0.2) is 0 Å². The summed E-state index contributed by atoms with van der Waals surface area (Å²) in [6.45, 7) is 8.69. The van der Waals surface area contributed by atoms with Crippen molar-refractivity contribution in [3.63, 3.8) is 0 Å². The predicted octanol–water partition coefficient (Wildman–Crippen LogP) is 3.64. The highest BCUT2D eigenvalue weighted by molar-refractivity contribution is 5.60. The molecule has 1 aliphatic rings. The van der Waals surface area contributed by atoms with Crippen molar-refractivity contribution in [1.29, 1.82) is 0 Å². The summed E-state index contributed by atoms with van der Waals surface area (Å²) >= 11 is 0. The van der Waals surface area contributed by atoms with E-state index in [1.807, 2.05) is 6.92 Å². The molecule has 4 atom stereocenters. The first-order valence-electron chi connectivity index (χ1n) is 7.30. The van der Waals surface area contributed by atoms with Crippen LogP contribution >= 0.6 is 0 Å². The van der Waals surface area contributed by atoms with Crippen molar-refractivity contribution in [1.82, 2.24) is 0 Å². The first-order chi connectivity index (χ1) is 8.93. The van der Waals surface area contributed by atoms with E-state index in [1.165, 1.54) is 6.42 Å². The lowest BCUT2D eigenvalue weighted by atomic mass is 9.75. The maximum absolute atomic E-state index is 11.7. The Morgan fingerprint density at radius 3 is 2.53 bits per heavy atom. The van der Waals surface area contributed by atoms with Gasteiger partial charge in [0, 0.05) is 7.11 Å². The number of carbonyl (C=O) groups is 1. The molecule has 0 saturated heterocycles. The molecule has 1 rings (SSSR count). The van der Waals surface area contributed by atoms with Crippen LogP contribution < -0.4 is 0 Å². The van der Waals surface area contributed by atoms with Gasteiger partial charge in [0.1, 0.15) is 12.7 Å². The SMILES string of the molecule is COC(C)COC(=O)O[C@@H]1CC(C)CCC1C(C)C. The van der Waals surface area contributed by atoms with Gasteiger partial charge in [0.05, 0.1) is 6.10 Å². The average Bonchev–Trinajstić information content (AvgIpc) is 2.35. The second-order valence-electron chi connectivity index (χ2n) is 6.09. The molecular formula is C15H28O4. The third-order valence-electron chi connectivity index (χ3n) is 4.05. The second kappa shape index (κ2) is 7.73.